The van der Waals surface area contributed by atoms with E-state index >= 15 is 0 Å². The molecule has 2 heterocycles. The van der Waals surface area contributed by atoms with Crippen LogP contribution >= 0.6 is 11.6 Å². The van der Waals surface area contributed by atoms with Crippen molar-refractivity contribution in [1.29, 1.82) is 0 Å². The van der Waals surface area contributed by atoms with E-state index in [1.807, 2.05) is 26.0 Å². The summed E-state index contributed by atoms with van der Waals surface area (Å²) >= 11 is 6.35. The third-order valence-corrected chi connectivity index (χ3v) is 4.61. The van der Waals surface area contributed by atoms with E-state index in [0.29, 0.717) is 34.5 Å². The maximum atomic E-state index is 12.2. The predicted octanol–water partition coefficient (Wildman–Crippen LogP) is 4.57. The minimum atomic E-state index is -0.881. The number of aryl methyl sites for hydroxylation is 2. The smallest absolute Gasteiger partial charge is 0.334 e. The number of hydrogen-bond acceptors (Lipinski definition) is 5. The van der Waals surface area contributed by atoms with E-state index in [2.05, 4.69) is 15.1 Å². The van der Waals surface area contributed by atoms with Crippen LogP contribution in [0, 0.1) is 18.8 Å². The van der Waals surface area contributed by atoms with Gasteiger partial charge in [0.1, 0.15) is 17.3 Å². The molecule has 0 N–H and O–H groups in total. The summed E-state index contributed by atoms with van der Waals surface area (Å²) in [5.74, 6) is 0.187. The fraction of sp³-hybridized carbons (Fsp3) is 0.250. The Morgan fingerprint density at radius 2 is 2.04 bits per heavy atom. The summed E-state index contributed by atoms with van der Waals surface area (Å²) in [6, 6.07) is 7.42. The largest absolute Gasteiger partial charge is 0.492 e. The van der Waals surface area contributed by atoms with Gasteiger partial charge in [-0.2, -0.15) is 0 Å². The van der Waals surface area contributed by atoms with Gasteiger partial charge in [0.15, 0.2) is 0 Å². The summed E-state index contributed by atoms with van der Waals surface area (Å²) in [7, 11) is 0. The molecule has 0 aliphatic heterocycles. The molecular formula is C20H19ClN4O3. The Bertz CT molecular complexity index is 1050. The minimum Gasteiger partial charge on any atom is -0.492 e. The van der Waals surface area contributed by atoms with Crippen LogP contribution in [0.2, 0.25) is 5.02 Å². The Labute approximate surface area is 167 Å². The normalized spacial score (nSPS) is 10.7. The third-order valence-electron chi connectivity index (χ3n) is 4.24. The lowest BCUT2D eigenvalue weighted by atomic mass is 10.1. The number of pyridine rings is 1. The maximum Gasteiger partial charge on any atom is 0.334 e. The fourth-order valence-electron chi connectivity index (χ4n) is 3.04. The van der Waals surface area contributed by atoms with Crippen LogP contribution < -0.4 is 4.74 Å². The molecule has 0 saturated heterocycles. The van der Waals surface area contributed by atoms with Gasteiger partial charge in [-0.1, -0.05) is 29.3 Å². The number of amides is 1. The average molecular weight is 399 g/mol. The number of ether oxygens (including phenoxy) is 1. The van der Waals surface area contributed by atoms with Crippen LogP contribution in [0.4, 0.5) is 0 Å². The van der Waals surface area contributed by atoms with Crippen LogP contribution in [-0.2, 0) is 6.54 Å². The monoisotopic (exact) mass is 398 g/mol. The zero-order valence-electron chi connectivity index (χ0n) is 15.8. The van der Waals surface area contributed by atoms with Gasteiger partial charge in [-0.15, -0.1) is 4.91 Å². The molecule has 2 aromatic heterocycles. The van der Waals surface area contributed by atoms with Crippen LogP contribution in [0.5, 0.6) is 5.75 Å². The highest BCUT2D eigenvalue weighted by Gasteiger charge is 2.23. The SMILES string of the molecule is CCOc1cncc(-c2nc(C)c(C(=O)N=O)n2Cc2cc(C)ccc2Cl)c1. The Balaban J connectivity index is 2.18. The lowest BCUT2D eigenvalue weighted by Crippen LogP contribution is -2.11. The number of nitrogens with zero attached hydrogens (tertiary/aromatic N) is 4. The van der Waals surface area contributed by atoms with Crippen molar-refractivity contribution in [3.8, 4) is 17.1 Å². The first kappa shape index (κ1) is 19.7. The van der Waals surface area contributed by atoms with Crippen LogP contribution in [0.15, 0.2) is 41.8 Å². The van der Waals surface area contributed by atoms with Crippen molar-refractivity contribution in [3.63, 3.8) is 0 Å². The van der Waals surface area contributed by atoms with Gasteiger partial charge < -0.3 is 9.30 Å². The van der Waals surface area contributed by atoms with Crippen molar-refractivity contribution in [1.82, 2.24) is 14.5 Å². The van der Waals surface area contributed by atoms with Crippen molar-refractivity contribution in [2.24, 2.45) is 5.18 Å². The van der Waals surface area contributed by atoms with E-state index in [-0.39, 0.29) is 12.2 Å². The molecule has 1 amide bonds. The molecule has 8 heteroatoms. The van der Waals surface area contributed by atoms with Crippen LogP contribution in [0.3, 0.4) is 0 Å². The van der Waals surface area contributed by atoms with E-state index in [0.717, 1.165) is 11.1 Å². The van der Waals surface area contributed by atoms with Crippen LogP contribution in [-0.4, -0.2) is 27.0 Å². The molecule has 0 aliphatic rings. The summed E-state index contributed by atoms with van der Waals surface area (Å²) in [6.45, 7) is 6.25. The molecule has 3 rings (SSSR count). The third kappa shape index (κ3) is 3.94. The predicted molar refractivity (Wildman–Crippen MR) is 107 cm³/mol. The van der Waals surface area contributed by atoms with Crippen molar-refractivity contribution < 1.29 is 9.53 Å². The zero-order chi connectivity index (χ0) is 20.3. The highest BCUT2D eigenvalue weighted by atomic mass is 35.5. The number of nitroso groups, excluding NO2 is 1. The van der Waals surface area contributed by atoms with Crippen molar-refractivity contribution in [3.05, 3.63) is 69.1 Å². The molecule has 3 aromatic rings. The lowest BCUT2D eigenvalue weighted by molar-refractivity contribution is 0.0992. The first-order chi connectivity index (χ1) is 13.4. The molecule has 1 aromatic carbocycles. The van der Waals surface area contributed by atoms with E-state index in [4.69, 9.17) is 16.3 Å². The van der Waals surface area contributed by atoms with Gasteiger partial charge >= 0.3 is 5.91 Å². The van der Waals surface area contributed by atoms with Gasteiger partial charge in [-0.05, 0) is 38.5 Å². The van der Waals surface area contributed by atoms with E-state index in [1.165, 1.54) is 0 Å². The quantitative estimate of drug-likeness (QED) is 0.567. The highest BCUT2D eigenvalue weighted by Crippen LogP contribution is 2.28. The number of benzene rings is 1. The molecule has 0 fully saturated rings. The van der Waals surface area contributed by atoms with E-state index in [1.54, 1.807) is 36.0 Å². The number of imidazole rings is 1. The molecule has 0 aliphatic carbocycles. The number of carbonyl (C=O) groups excluding carboxylic acids is 1. The van der Waals surface area contributed by atoms with Gasteiger partial charge in [0, 0.05) is 22.0 Å². The molecular weight excluding hydrogens is 380 g/mol. The summed E-state index contributed by atoms with van der Waals surface area (Å²) < 4.78 is 7.16. The van der Waals surface area contributed by atoms with E-state index in [9.17, 15) is 9.70 Å². The minimum absolute atomic E-state index is 0.129. The second-order valence-corrected chi connectivity index (χ2v) is 6.70. The van der Waals surface area contributed by atoms with Gasteiger partial charge in [0.25, 0.3) is 0 Å². The molecule has 0 bridgehead atoms. The van der Waals surface area contributed by atoms with Gasteiger partial charge in [0.05, 0.1) is 25.0 Å². The van der Waals surface area contributed by atoms with Crippen LogP contribution in [0.1, 0.15) is 34.2 Å². The number of aromatic nitrogens is 3. The molecule has 144 valence electrons. The van der Waals surface area contributed by atoms with Gasteiger partial charge in [-0.3, -0.25) is 9.78 Å². The molecule has 0 atom stereocenters. The average Bonchev–Trinajstić information content (AvgIpc) is 3.00. The van der Waals surface area contributed by atoms with Gasteiger partial charge in [0.2, 0.25) is 0 Å². The Morgan fingerprint density at radius 3 is 2.75 bits per heavy atom. The fourth-order valence-corrected chi connectivity index (χ4v) is 3.22. The molecule has 0 unspecified atom stereocenters. The molecule has 7 nitrogen and oxygen atoms in total. The first-order valence-electron chi connectivity index (χ1n) is 8.72. The van der Waals surface area contributed by atoms with Gasteiger partial charge in [-0.25, -0.2) is 4.98 Å². The Kier molecular flexibility index (Phi) is 5.84. The topological polar surface area (TPSA) is 86.4 Å². The Hall–Kier alpha value is -3.06. The van der Waals surface area contributed by atoms with Crippen molar-refractivity contribution in [2.45, 2.75) is 27.3 Å². The number of hydrogen-bond donors (Lipinski definition) is 0. The first-order valence-corrected chi connectivity index (χ1v) is 9.10. The number of rotatable bonds is 6. The molecule has 28 heavy (non-hydrogen) atoms. The summed E-state index contributed by atoms with van der Waals surface area (Å²) in [6.07, 6.45) is 3.23. The summed E-state index contributed by atoms with van der Waals surface area (Å²) in [5.41, 5.74) is 3.02. The maximum absolute atomic E-state index is 12.2. The number of halogens is 1. The molecule has 0 radical (unpaired) electrons. The summed E-state index contributed by atoms with van der Waals surface area (Å²) in [4.78, 5) is 31.9. The molecule has 0 saturated carbocycles. The van der Waals surface area contributed by atoms with Crippen molar-refractivity contribution >= 4 is 17.5 Å². The second kappa shape index (κ2) is 8.31. The standard InChI is InChI=1S/C20H19ClN4O3/c1-4-28-16-8-14(9-22-10-16)19-23-13(3)18(20(26)24-27)25(19)11-15-7-12(2)5-6-17(15)21/h5-10H,4,11H2,1-3H3. The highest BCUT2D eigenvalue weighted by molar-refractivity contribution is 6.31. The second-order valence-electron chi connectivity index (χ2n) is 6.29. The lowest BCUT2D eigenvalue weighted by Gasteiger charge is -2.13. The Morgan fingerprint density at radius 1 is 1.25 bits per heavy atom. The van der Waals surface area contributed by atoms with Crippen LogP contribution in [0.25, 0.3) is 11.4 Å². The molecule has 0 spiro atoms. The summed E-state index contributed by atoms with van der Waals surface area (Å²) in [5, 5.41) is 3.15. The number of carbonyl (C=O) groups is 1. The zero-order valence-corrected chi connectivity index (χ0v) is 16.5. The van der Waals surface area contributed by atoms with Crippen molar-refractivity contribution in [2.75, 3.05) is 6.61 Å². The van der Waals surface area contributed by atoms with E-state index < -0.39 is 5.91 Å².